The van der Waals surface area contributed by atoms with Gasteiger partial charge in [-0.3, -0.25) is 4.79 Å². The SMILES string of the molecule is CCCCCCC(=O)N1CCN(C(N)=O)CC1. The quantitative estimate of drug-likeness (QED) is 0.734. The number of nitrogens with two attached hydrogens (primary N) is 1. The minimum atomic E-state index is -0.389. The van der Waals surface area contributed by atoms with Crippen LogP contribution in [0, 0.1) is 0 Å². The maximum absolute atomic E-state index is 11.8. The number of nitrogens with zero attached hydrogens (tertiary/aromatic N) is 2. The first-order valence-electron chi connectivity index (χ1n) is 6.47. The van der Waals surface area contributed by atoms with Gasteiger partial charge in [0.1, 0.15) is 0 Å². The van der Waals surface area contributed by atoms with E-state index in [9.17, 15) is 9.59 Å². The molecular weight excluding hydrogens is 218 g/mol. The number of rotatable bonds is 5. The van der Waals surface area contributed by atoms with E-state index in [4.69, 9.17) is 5.73 Å². The van der Waals surface area contributed by atoms with E-state index < -0.39 is 0 Å². The van der Waals surface area contributed by atoms with Gasteiger partial charge in [-0.15, -0.1) is 0 Å². The van der Waals surface area contributed by atoms with Crippen molar-refractivity contribution in [2.45, 2.75) is 39.0 Å². The Morgan fingerprint density at radius 2 is 1.59 bits per heavy atom. The highest BCUT2D eigenvalue weighted by Crippen LogP contribution is 2.08. The summed E-state index contributed by atoms with van der Waals surface area (Å²) in [6, 6.07) is -0.389. The zero-order chi connectivity index (χ0) is 12.7. The Morgan fingerprint density at radius 1 is 1.00 bits per heavy atom. The lowest BCUT2D eigenvalue weighted by Gasteiger charge is -2.33. The molecule has 0 spiro atoms. The van der Waals surface area contributed by atoms with Crippen molar-refractivity contribution in [3.05, 3.63) is 0 Å². The lowest BCUT2D eigenvalue weighted by molar-refractivity contribution is -0.132. The summed E-state index contributed by atoms with van der Waals surface area (Å²) in [4.78, 5) is 26.2. The Balaban J connectivity index is 2.19. The van der Waals surface area contributed by atoms with Crippen molar-refractivity contribution in [1.82, 2.24) is 9.80 Å². The van der Waals surface area contributed by atoms with Crippen LogP contribution in [0.2, 0.25) is 0 Å². The molecule has 0 atom stereocenters. The first kappa shape index (κ1) is 13.8. The Labute approximate surface area is 103 Å². The van der Waals surface area contributed by atoms with E-state index in [0.29, 0.717) is 32.6 Å². The van der Waals surface area contributed by atoms with Gasteiger partial charge < -0.3 is 15.5 Å². The summed E-state index contributed by atoms with van der Waals surface area (Å²) >= 11 is 0. The van der Waals surface area contributed by atoms with E-state index in [1.54, 1.807) is 4.90 Å². The van der Waals surface area contributed by atoms with Crippen LogP contribution in [-0.4, -0.2) is 47.9 Å². The fourth-order valence-corrected chi connectivity index (χ4v) is 2.04. The number of amides is 3. The molecule has 2 N–H and O–H groups in total. The molecule has 0 aliphatic carbocycles. The van der Waals surface area contributed by atoms with Gasteiger partial charge in [-0.1, -0.05) is 26.2 Å². The standard InChI is InChI=1S/C12H23N3O2/c1-2-3-4-5-6-11(16)14-7-9-15(10-8-14)12(13)17/h2-10H2,1H3,(H2,13,17). The number of unbranched alkanes of at least 4 members (excludes halogenated alkanes) is 3. The van der Waals surface area contributed by atoms with E-state index in [1.165, 1.54) is 12.8 Å². The Bertz CT molecular complexity index is 260. The predicted molar refractivity (Wildman–Crippen MR) is 66.5 cm³/mol. The first-order valence-corrected chi connectivity index (χ1v) is 6.47. The van der Waals surface area contributed by atoms with Gasteiger partial charge in [-0.2, -0.15) is 0 Å². The molecule has 1 saturated heterocycles. The van der Waals surface area contributed by atoms with Crippen molar-refractivity contribution in [2.24, 2.45) is 5.73 Å². The minimum absolute atomic E-state index is 0.213. The first-order chi connectivity index (χ1) is 8.15. The zero-order valence-electron chi connectivity index (χ0n) is 10.7. The van der Waals surface area contributed by atoms with Gasteiger partial charge in [-0.25, -0.2) is 4.79 Å². The number of primary amides is 1. The molecular formula is C12H23N3O2. The molecule has 5 nitrogen and oxygen atoms in total. The van der Waals surface area contributed by atoms with Gasteiger partial charge in [0.25, 0.3) is 0 Å². The molecule has 3 amide bonds. The summed E-state index contributed by atoms with van der Waals surface area (Å²) in [5.41, 5.74) is 5.19. The van der Waals surface area contributed by atoms with E-state index in [1.807, 2.05) is 4.90 Å². The number of urea groups is 1. The molecule has 1 aliphatic rings. The van der Waals surface area contributed by atoms with Crippen molar-refractivity contribution in [3.8, 4) is 0 Å². The fourth-order valence-electron chi connectivity index (χ4n) is 2.04. The maximum Gasteiger partial charge on any atom is 0.314 e. The molecule has 0 bridgehead atoms. The monoisotopic (exact) mass is 241 g/mol. The van der Waals surface area contributed by atoms with Crippen molar-refractivity contribution >= 4 is 11.9 Å². The largest absolute Gasteiger partial charge is 0.351 e. The normalized spacial score (nSPS) is 16.1. The molecule has 17 heavy (non-hydrogen) atoms. The van der Waals surface area contributed by atoms with E-state index >= 15 is 0 Å². The second-order valence-electron chi connectivity index (χ2n) is 4.52. The van der Waals surface area contributed by atoms with Gasteiger partial charge >= 0.3 is 6.03 Å². The lowest BCUT2D eigenvalue weighted by atomic mass is 10.1. The highest BCUT2D eigenvalue weighted by Gasteiger charge is 2.22. The van der Waals surface area contributed by atoms with Crippen LogP contribution in [-0.2, 0) is 4.79 Å². The molecule has 0 radical (unpaired) electrons. The highest BCUT2D eigenvalue weighted by molar-refractivity contribution is 5.77. The molecule has 1 fully saturated rings. The van der Waals surface area contributed by atoms with E-state index in [0.717, 1.165) is 12.8 Å². The van der Waals surface area contributed by atoms with Crippen LogP contribution in [0.15, 0.2) is 0 Å². The topological polar surface area (TPSA) is 66.6 Å². The molecule has 98 valence electrons. The van der Waals surface area contributed by atoms with Crippen LogP contribution in [0.3, 0.4) is 0 Å². The summed E-state index contributed by atoms with van der Waals surface area (Å²) in [6.07, 6.45) is 5.12. The molecule has 1 rings (SSSR count). The summed E-state index contributed by atoms with van der Waals surface area (Å²) in [5.74, 6) is 0.213. The third-order valence-electron chi connectivity index (χ3n) is 3.19. The molecule has 1 aliphatic heterocycles. The van der Waals surface area contributed by atoms with Crippen LogP contribution in [0.1, 0.15) is 39.0 Å². The summed E-state index contributed by atoms with van der Waals surface area (Å²) in [7, 11) is 0. The Kier molecular flexibility index (Phi) is 5.80. The minimum Gasteiger partial charge on any atom is -0.351 e. The van der Waals surface area contributed by atoms with Gasteiger partial charge in [-0.05, 0) is 6.42 Å². The fraction of sp³-hybridized carbons (Fsp3) is 0.833. The summed E-state index contributed by atoms with van der Waals surface area (Å²) < 4.78 is 0. The molecule has 0 aromatic carbocycles. The van der Waals surface area contributed by atoms with Gasteiger partial charge in [0, 0.05) is 32.6 Å². The molecule has 0 unspecified atom stereocenters. The van der Waals surface area contributed by atoms with Crippen molar-refractivity contribution in [3.63, 3.8) is 0 Å². The van der Waals surface area contributed by atoms with Crippen LogP contribution in [0.5, 0.6) is 0 Å². The molecule has 0 aromatic rings. The van der Waals surface area contributed by atoms with Crippen LogP contribution in [0.4, 0.5) is 4.79 Å². The average molecular weight is 241 g/mol. The number of piperazine rings is 1. The second-order valence-corrected chi connectivity index (χ2v) is 4.52. The summed E-state index contributed by atoms with van der Waals surface area (Å²) in [5, 5.41) is 0. The summed E-state index contributed by atoms with van der Waals surface area (Å²) in [6.45, 7) is 4.53. The van der Waals surface area contributed by atoms with Crippen LogP contribution in [0.25, 0.3) is 0 Å². The van der Waals surface area contributed by atoms with Gasteiger partial charge in [0.05, 0.1) is 0 Å². The molecule has 0 saturated carbocycles. The second kappa shape index (κ2) is 7.14. The number of hydrogen-bond donors (Lipinski definition) is 1. The Morgan fingerprint density at radius 3 is 2.12 bits per heavy atom. The molecule has 5 heteroatoms. The van der Waals surface area contributed by atoms with Crippen LogP contribution < -0.4 is 5.73 Å². The van der Waals surface area contributed by atoms with Gasteiger partial charge in [0.2, 0.25) is 5.91 Å². The average Bonchev–Trinajstić information content (AvgIpc) is 2.34. The molecule has 1 heterocycles. The maximum atomic E-state index is 11.8. The number of carbonyl (C=O) groups is 2. The predicted octanol–water partition coefficient (Wildman–Crippen LogP) is 1.18. The highest BCUT2D eigenvalue weighted by atomic mass is 16.2. The Hall–Kier alpha value is -1.26. The number of carbonyl (C=O) groups excluding carboxylic acids is 2. The molecule has 0 aromatic heterocycles. The van der Waals surface area contributed by atoms with Crippen molar-refractivity contribution in [1.29, 1.82) is 0 Å². The number of hydrogen-bond acceptors (Lipinski definition) is 2. The van der Waals surface area contributed by atoms with Crippen molar-refractivity contribution < 1.29 is 9.59 Å². The van der Waals surface area contributed by atoms with Crippen LogP contribution >= 0.6 is 0 Å². The van der Waals surface area contributed by atoms with Crippen molar-refractivity contribution in [2.75, 3.05) is 26.2 Å². The smallest absolute Gasteiger partial charge is 0.314 e. The van der Waals surface area contributed by atoms with Gasteiger partial charge in [0.15, 0.2) is 0 Å². The van der Waals surface area contributed by atoms with E-state index in [-0.39, 0.29) is 11.9 Å². The van der Waals surface area contributed by atoms with E-state index in [2.05, 4.69) is 6.92 Å². The third kappa shape index (κ3) is 4.63. The lowest BCUT2D eigenvalue weighted by Crippen LogP contribution is -2.52. The third-order valence-corrected chi connectivity index (χ3v) is 3.19. The zero-order valence-corrected chi connectivity index (χ0v) is 10.7.